The molecule has 0 bridgehead atoms. The van der Waals surface area contributed by atoms with Gasteiger partial charge in [-0.05, 0) is 94.0 Å². The van der Waals surface area contributed by atoms with Crippen LogP contribution in [0.3, 0.4) is 0 Å². The smallest absolute Gasteiger partial charge is 0.322 e. The number of nitriles is 1. The number of rotatable bonds is 6. The van der Waals surface area contributed by atoms with E-state index in [1.807, 2.05) is 43.3 Å². The Labute approximate surface area is 177 Å². The van der Waals surface area contributed by atoms with Crippen molar-refractivity contribution in [3.63, 3.8) is 0 Å². The van der Waals surface area contributed by atoms with Crippen molar-refractivity contribution < 1.29 is 19.2 Å². The number of aliphatic carboxylic acids is 1. The van der Waals surface area contributed by atoms with Crippen molar-refractivity contribution in [3.05, 3.63) is 70.3 Å². The van der Waals surface area contributed by atoms with Crippen LogP contribution in [0.5, 0.6) is 0 Å². The highest BCUT2D eigenvalue weighted by Gasteiger charge is 2.25. The van der Waals surface area contributed by atoms with Crippen LogP contribution in [0.2, 0.25) is 0 Å². The summed E-state index contributed by atoms with van der Waals surface area (Å²) in [6.07, 6.45) is 3.64. The predicted octanol–water partition coefficient (Wildman–Crippen LogP) is 3.21. The summed E-state index contributed by atoms with van der Waals surface area (Å²) in [5, 5.41) is 20.4. The maximum absolute atomic E-state index is 12.3. The first-order chi connectivity index (χ1) is 14.3. The van der Waals surface area contributed by atoms with Crippen molar-refractivity contribution in [2.24, 2.45) is 0 Å². The molecule has 0 heterocycles. The molecule has 0 radical (unpaired) electrons. The van der Waals surface area contributed by atoms with Crippen molar-refractivity contribution in [2.75, 3.05) is 12.8 Å². The lowest BCUT2D eigenvalue weighted by Gasteiger charge is -2.07. The van der Waals surface area contributed by atoms with Crippen molar-refractivity contribution in [3.8, 4) is 6.07 Å². The monoisotopic (exact) mass is 420 g/mol. The third-order valence-electron chi connectivity index (χ3n) is 4.92. The van der Waals surface area contributed by atoms with E-state index in [0.29, 0.717) is 5.56 Å². The van der Waals surface area contributed by atoms with E-state index in [2.05, 4.69) is 11.4 Å². The van der Waals surface area contributed by atoms with Gasteiger partial charge in [0.1, 0.15) is 12.8 Å². The van der Waals surface area contributed by atoms with E-state index >= 15 is 0 Å². The molecule has 1 atom stereocenters. The predicted molar refractivity (Wildman–Crippen MR) is 116 cm³/mol. The van der Waals surface area contributed by atoms with Crippen LogP contribution in [-0.2, 0) is 20.8 Å². The van der Waals surface area contributed by atoms with E-state index in [1.165, 1.54) is 0 Å². The molecule has 152 valence electrons. The number of carbonyl (C=O) groups excluding carboxylic acids is 1. The molecule has 3 rings (SSSR count). The van der Waals surface area contributed by atoms with Gasteiger partial charge in [-0.2, -0.15) is 5.26 Å². The minimum Gasteiger partial charge on any atom is -0.612 e. The van der Waals surface area contributed by atoms with Gasteiger partial charge in [0.05, 0.1) is 18.1 Å². The molecule has 2 aromatic carbocycles. The molecule has 0 aliphatic heterocycles. The quantitative estimate of drug-likeness (QED) is 0.697. The van der Waals surface area contributed by atoms with Crippen LogP contribution in [0.1, 0.15) is 35.6 Å². The SMILES string of the molecule is CC1=C(CC(=O)NCC(=O)O)c2cc(C#N)ccc2/C1=C/c1ccc([S+](C)[O-])cc1. The van der Waals surface area contributed by atoms with E-state index < -0.39 is 29.6 Å². The third-order valence-corrected chi connectivity index (χ3v) is 5.85. The van der Waals surface area contributed by atoms with Gasteiger partial charge in [0.2, 0.25) is 5.91 Å². The minimum absolute atomic E-state index is 0.0199. The summed E-state index contributed by atoms with van der Waals surface area (Å²) in [6.45, 7) is 1.47. The first kappa shape index (κ1) is 21.4. The Morgan fingerprint density at radius 1 is 1.20 bits per heavy atom. The van der Waals surface area contributed by atoms with Gasteiger partial charge in [0.15, 0.2) is 4.90 Å². The number of carbonyl (C=O) groups is 2. The van der Waals surface area contributed by atoms with Gasteiger partial charge in [-0.25, -0.2) is 0 Å². The molecule has 6 nitrogen and oxygen atoms in total. The van der Waals surface area contributed by atoms with Crippen LogP contribution in [0.25, 0.3) is 17.2 Å². The normalized spacial score (nSPS) is 14.9. The number of hydrogen-bond donors (Lipinski definition) is 2. The number of hydrogen-bond acceptors (Lipinski definition) is 4. The van der Waals surface area contributed by atoms with Gasteiger partial charge in [0, 0.05) is 0 Å². The maximum Gasteiger partial charge on any atom is 0.322 e. The van der Waals surface area contributed by atoms with Crippen LogP contribution >= 0.6 is 0 Å². The lowest BCUT2D eigenvalue weighted by molar-refractivity contribution is -0.137. The van der Waals surface area contributed by atoms with Crippen molar-refractivity contribution in [2.45, 2.75) is 18.2 Å². The van der Waals surface area contributed by atoms with E-state index in [4.69, 9.17) is 5.11 Å². The first-order valence-electron chi connectivity index (χ1n) is 9.19. The molecule has 2 aromatic rings. The number of allylic oxidation sites excluding steroid dienone is 2. The zero-order chi connectivity index (χ0) is 21.8. The number of carboxylic acid groups (broad SMARTS) is 1. The molecule has 1 aliphatic rings. The third kappa shape index (κ3) is 4.62. The fourth-order valence-electron chi connectivity index (χ4n) is 3.40. The summed E-state index contributed by atoms with van der Waals surface area (Å²) in [5.41, 5.74) is 5.72. The van der Waals surface area contributed by atoms with E-state index in [0.717, 1.165) is 38.3 Å². The number of amides is 1. The highest BCUT2D eigenvalue weighted by molar-refractivity contribution is 7.90. The maximum atomic E-state index is 12.3. The topological polar surface area (TPSA) is 113 Å². The second kappa shape index (κ2) is 8.99. The number of nitrogens with one attached hydrogen (secondary N) is 1. The number of fused-ring (bicyclic) bond motifs is 1. The Bertz CT molecular complexity index is 1110. The van der Waals surface area contributed by atoms with E-state index in [9.17, 15) is 19.4 Å². The molecule has 0 fully saturated rings. The fraction of sp³-hybridized carbons (Fsp3) is 0.174. The van der Waals surface area contributed by atoms with E-state index in [1.54, 1.807) is 18.4 Å². The van der Waals surface area contributed by atoms with Crippen LogP contribution in [0.4, 0.5) is 0 Å². The molecule has 1 aliphatic carbocycles. The Morgan fingerprint density at radius 3 is 2.50 bits per heavy atom. The number of benzene rings is 2. The summed E-state index contributed by atoms with van der Waals surface area (Å²) in [7, 11) is 0. The van der Waals surface area contributed by atoms with Gasteiger partial charge in [-0.3, -0.25) is 9.59 Å². The molecule has 0 aromatic heterocycles. The summed E-state index contributed by atoms with van der Waals surface area (Å²) >= 11 is -1.05. The standard InChI is InChI=1S/C23H20N2O4S/c1-14-19(9-15-3-6-17(7-4-15)30(2)29)18-8-5-16(12-24)10-21(18)20(14)11-22(26)25-13-23(27)28/h3-10H,11,13H2,1-2H3,(H,25,26)(H,27,28)/b19-9+. The Kier molecular flexibility index (Phi) is 6.40. The number of carboxylic acids is 1. The van der Waals surface area contributed by atoms with Gasteiger partial charge in [-0.1, -0.05) is 6.07 Å². The summed E-state index contributed by atoms with van der Waals surface area (Å²) in [5.74, 6) is -1.50. The number of nitrogens with zero attached hydrogens (tertiary/aromatic N) is 1. The molecule has 0 spiro atoms. The van der Waals surface area contributed by atoms with Crippen LogP contribution in [-0.4, -0.2) is 34.3 Å². The second-order valence-corrected chi connectivity index (χ2v) is 8.28. The highest BCUT2D eigenvalue weighted by atomic mass is 32.2. The average Bonchev–Trinajstić information content (AvgIpc) is 2.97. The Balaban J connectivity index is 2.01. The second-order valence-electron chi connectivity index (χ2n) is 6.90. The van der Waals surface area contributed by atoms with Gasteiger partial charge >= 0.3 is 5.97 Å². The van der Waals surface area contributed by atoms with Crippen LogP contribution < -0.4 is 5.32 Å². The molecule has 1 amide bonds. The summed E-state index contributed by atoms with van der Waals surface area (Å²) in [4.78, 5) is 23.7. The van der Waals surface area contributed by atoms with Crippen LogP contribution in [0, 0.1) is 11.3 Å². The zero-order valence-corrected chi connectivity index (χ0v) is 17.4. The molecule has 1 unspecified atom stereocenters. The summed E-state index contributed by atoms with van der Waals surface area (Å²) < 4.78 is 11.6. The summed E-state index contributed by atoms with van der Waals surface area (Å²) in [6, 6.07) is 14.9. The Morgan fingerprint density at radius 2 is 1.90 bits per heavy atom. The Hall–Kier alpha value is -3.34. The largest absolute Gasteiger partial charge is 0.612 e. The van der Waals surface area contributed by atoms with Crippen molar-refractivity contribution in [1.29, 1.82) is 5.26 Å². The first-order valence-corrected chi connectivity index (χ1v) is 10.7. The average molecular weight is 420 g/mol. The zero-order valence-electron chi connectivity index (χ0n) is 16.6. The lowest BCUT2D eigenvalue weighted by atomic mass is 9.99. The van der Waals surface area contributed by atoms with Crippen molar-refractivity contribution in [1.82, 2.24) is 5.32 Å². The molecule has 0 saturated heterocycles. The van der Waals surface area contributed by atoms with E-state index in [-0.39, 0.29) is 6.42 Å². The molecule has 30 heavy (non-hydrogen) atoms. The highest BCUT2D eigenvalue weighted by Crippen LogP contribution is 2.43. The van der Waals surface area contributed by atoms with Gasteiger partial charge in [0.25, 0.3) is 0 Å². The van der Waals surface area contributed by atoms with Gasteiger partial charge in [-0.15, -0.1) is 0 Å². The molecule has 7 heteroatoms. The van der Waals surface area contributed by atoms with Crippen molar-refractivity contribution >= 4 is 40.3 Å². The lowest BCUT2D eigenvalue weighted by Crippen LogP contribution is -2.29. The molecular weight excluding hydrogens is 400 g/mol. The molecular formula is C23H20N2O4S. The fourth-order valence-corrected chi connectivity index (χ4v) is 3.92. The van der Waals surface area contributed by atoms with Gasteiger partial charge < -0.3 is 15.0 Å². The molecule has 2 N–H and O–H groups in total. The molecule has 0 saturated carbocycles. The minimum atomic E-state index is -1.11. The van der Waals surface area contributed by atoms with Crippen LogP contribution in [0.15, 0.2) is 52.9 Å².